The normalized spacial score (nSPS) is 23.9. The maximum absolute atomic E-state index is 13.7. The molecule has 0 spiro atoms. The molecular formula is C23H18Cl2O2. The third kappa shape index (κ3) is 3.28. The molecule has 2 unspecified atom stereocenters. The Labute approximate surface area is 168 Å². The lowest BCUT2D eigenvalue weighted by atomic mass is 9.63. The number of Topliss-reactive ketones (excluding diaryl/α,β-unsaturated/α-hetero) is 2. The highest BCUT2D eigenvalue weighted by molar-refractivity contribution is 6.31. The predicted molar refractivity (Wildman–Crippen MR) is 108 cm³/mol. The monoisotopic (exact) mass is 396 g/mol. The first kappa shape index (κ1) is 18.2. The van der Waals surface area contributed by atoms with Gasteiger partial charge in [0.1, 0.15) is 0 Å². The van der Waals surface area contributed by atoms with E-state index in [1.54, 1.807) is 24.3 Å². The summed E-state index contributed by atoms with van der Waals surface area (Å²) in [5, 5.41) is 1.25. The first-order valence-corrected chi connectivity index (χ1v) is 9.73. The number of carbonyl (C=O) groups excluding carboxylic acids is 2. The minimum atomic E-state index is -0.780. The fourth-order valence-corrected chi connectivity index (χ4v) is 4.51. The highest BCUT2D eigenvalue weighted by atomic mass is 35.5. The first-order valence-electron chi connectivity index (χ1n) is 8.97. The molecule has 0 aliphatic heterocycles. The van der Waals surface area contributed by atoms with Crippen molar-refractivity contribution in [2.45, 2.75) is 19.3 Å². The lowest BCUT2D eigenvalue weighted by molar-refractivity contribution is -0.114. The van der Waals surface area contributed by atoms with E-state index in [9.17, 15) is 9.59 Å². The van der Waals surface area contributed by atoms with Gasteiger partial charge in [0, 0.05) is 27.9 Å². The fourth-order valence-electron chi connectivity index (χ4n) is 4.26. The summed E-state index contributed by atoms with van der Waals surface area (Å²) in [6.07, 6.45) is 7.42. The van der Waals surface area contributed by atoms with Crippen molar-refractivity contribution in [2.24, 2.45) is 11.3 Å². The largest absolute Gasteiger partial charge is 0.295 e. The average Bonchev–Trinajstić information content (AvgIpc) is 3.06. The van der Waals surface area contributed by atoms with Crippen LogP contribution in [0, 0.1) is 11.3 Å². The van der Waals surface area contributed by atoms with Crippen LogP contribution in [0.1, 0.15) is 28.8 Å². The Kier molecular flexibility index (Phi) is 4.79. The molecule has 27 heavy (non-hydrogen) atoms. The molecule has 0 N–H and O–H groups in total. The van der Waals surface area contributed by atoms with E-state index >= 15 is 0 Å². The zero-order chi connectivity index (χ0) is 19.0. The zero-order valence-electron chi connectivity index (χ0n) is 14.6. The van der Waals surface area contributed by atoms with Gasteiger partial charge in [-0.05, 0) is 60.4 Å². The van der Waals surface area contributed by atoms with Gasteiger partial charge >= 0.3 is 0 Å². The Morgan fingerprint density at radius 1 is 1.00 bits per heavy atom. The van der Waals surface area contributed by atoms with E-state index < -0.39 is 5.41 Å². The van der Waals surface area contributed by atoms with Gasteiger partial charge < -0.3 is 0 Å². The Balaban J connectivity index is 1.80. The van der Waals surface area contributed by atoms with E-state index in [4.69, 9.17) is 23.2 Å². The minimum absolute atomic E-state index is 0.0238. The Morgan fingerprint density at radius 3 is 2.30 bits per heavy atom. The summed E-state index contributed by atoms with van der Waals surface area (Å²) in [6, 6.07) is 14.5. The molecular weight excluding hydrogens is 379 g/mol. The van der Waals surface area contributed by atoms with E-state index in [0.717, 1.165) is 11.1 Å². The maximum atomic E-state index is 13.7. The Hall–Kier alpha value is -2.16. The Bertz CT molecular complexity index is 955. The number of ketones is 2. The van der Waals surface area contributed by atoms with Gasteiger partial charge in [-0.2, -0.15) is 0 Å². The van der Waals surface area contributed by atoms with Crippen molar-refractivity contribution >= 4 is 34.8 Å². The molecule has 0 saturated heterocycles. The van der Waals surface area contributed by atoms with Crippen molar-refractivity contribution in [3.63, 3.8) is 0 Å². The van der Waals surface area contributed by atoms with Crippen molar-refractivity contribution in [2.75, 3.05) is 0 Å². The second-order valence-corrected chi connectivity index (χ2v) is 8.05. The van der Waals surface area contributed by atoms with Crippen LogP contribution in [0.25, 0.3) is 0 Å². The predicted octanol–water partition coefficient (Wildman–Crippen LogP) is 5.88. The summed E-state index contributed by atoms with van der Waals surface area (Å²) in [5.41, 5.74) is 1.62. The molecule has 4 heteroatoms. The molecule has 4 rings (SSSR count). The molecule has 0 bridgehead atoms. The summed E-state index contributed by atoms with van der Waals surface area (Å²) >= 11 is 12.0. The quantitative estimate of drug-likeness (QED) is 0.604. The van der Waals surface area contributed by atoms with E-state index in [2.05, 4.69) is 0 Å². The van der Waals surface area contributed by atoms with Crippen LogP contribution in [-0.4, -0.2) is 11.6 Å². The number of hydrogen-bond donors (Lipinski definition) is 0. The van der Waals surface area contributed by atoms with Gasteiger partial charge in [0.15, 0.2) is 11.6 Å². The summed E-state index contributed by atoms with van der Waals surface area (Å²) in [5.74, 6) is 0.0678. The molecule has 0 radical (unpaired) electrons. The Morgan fingerprint density at radius 2 is 1.63 bits per heavy atom. The molecule has 2 nitrogen and oxygen atoms in total. The molecule has 1 saturated carbocycles. The summed E-state index contributed by atoms with van der Waals surface area (Å²) in [6.45, 7) is 0. The van der Waals surface area contributed by atoms with Gasteiger partial charge in [-0.25, -0.2) is 0 Å². The molecule has 2 aromatic rings. The molecule has 2 atom stereocenters. The molecule has 0 aromatic heterocycles. The van der Waals surface area contributed by atoms with Crippen LogP contribution in [0.3, 0.4) is 0 Å². The van der Waals surface area contributed by atoms with E-state index in [0.29, 0.717) is 34.9 Å². The number of benzene rings is 2. The molecule has 2 aliphatic rings. The van der Waals surface area contributed by atoms with Gasteiger partial charge in [0.2, 0.25) is 0 Å². The highest BCUT2D eigenvalue weighted by Gasteiger charge is 2.50. The molecule has 2 aliphatic carbocycles. The smallest absolute Gasteiger partial charge is 0.173 e. The van der Waals surface area contributed by atoms with Crippen LogP contribution in [0.15, 0.2) is 72.3 Å². The second-order valence-electron chi connectivity index (χ2n) is 7.18. The van der Waals surface area contributed by atoms with Crippen molar-refractivity contribution in [1.29, 1.82) is 0 Å². The summed E-state index contributed by atoms with van der Waals surface area (Å²) < 4.78 is 0. The van der Waals surface area contributed by atoms with E-state index in [1.807, 2.05) is 42.5 Å². The number of carbonyl (C=O) groups is 2. The SMILES string of the molecule is O=C1CCC2C1=CC=CC2(Cc1ccc(Cl)cc1)C(=O)c1ccc(Cl)cc1. The average molecular weight is 397 g/mol. The number of rotatable bonds is 4. The fraction of sp³-hybridized carbons (Fsp3) is 0.217. The molecule has 1 fully saturated rings. The zero-order valence-corrected chi connectivity index (χ0v) is 16.1. The lowest BCUT2D eigenvalue weighted by Gasteiger charge is -2.38. The van der Waals surface area contributed by atoms with Gasteiger partial charge in [0.25, 0.3) is 0 Å². The molecule has 0 heterocycles. The van der Waals surface area contributed by atoms with Crippen molar-refractivity contribution < 1.29 is 9.59 Å². The number of halogens is 2. The minimum Gasteiger partial charge on any atom is -0.295 e. The van der Waals surface area contributed by atoms with Crippen LogP contribution >= 0.6 is 23.2 Å². The second kappa shape index (κ2) is 7.10. The van der Waals surface area contributed by atoms with Crippen LogP contribution < -0.4 is 0 Å². The van der Waals surface area contributed by atoms with E-state index in [-0.39, 0.29) is 17.5 Å². The van der Waals surface area contributed by atoms with Crippen molar-refractivity contribution in [3.8, 4) is 0 Å². The number of hydrogen-bond acceptors (Lipinski definition) is 2. The molecule has 136 valence electrons. The third-order valence-corrected chi connectivity index (χ3v) is 6.09. The summed E-state index contributed by atoms with van der Waals surface area (Å²) in [4.78, 5) is 26.0. The van der Waals surface area contributed by atoms with Gasteiger partial charge in [0.05, 0.1) is 5.41 Å². The molecule has 0 amide bonds. The first-order chi connectivity index (χ1) is 13.0. The van der Waals surface area contributed by atoms with Crippen LogP contribution in [0.5, 0.6) is 0 Å². The standard InChI is InChI=1S/C23H18Cl2O2/c24-17-7-3-15(4-8-17)14-23(22(27)16-5-9-18(25)10-6-16)13-1-2-19-20(23)11-12-21(19)26/h1-10,13,20H,11-12,14H2. The lowest BCUT2D eigenvalue weighted by Crippen LogP contribution is -2.40. The van der Waals surface area contributed by atoms with Crippen molar-refractivity contribution in [1.82, 2.24) is 0 Å². The van der Waals surface area contributed by atoms with E-state index in [1.165, 1.54) is 0 Å². The van der Waals surface area contributed by atoms with Gasteiger partial charge in [-0.1, -0.05) is 53.6 Å². The molecule has 2 aromatic carbocycles. The van der Waals surface area contributed by atoms with Crippen LogP contribution in [0.2, 0.25) is 10.0 Å². The topological polar surface area (TPSA) is 34.1 Å². The van der Waals surface area contributed by atoms with Crippen LogP contribution in [-0.2, 0) is 11.2 Å². The number of allylic oxidation sites excluding steroid dienone is 4. The van der Waals surface area contributed by atoms with Crippen molar-refractivity contribution in [3.05, 3.63) is 93.5 Å². The maximum Gasteiger partial charge on any atom is 0.173 e. The van der Waals surface area contributed by atoms with Crippen LogP contribution in [0.4, 0.5) is 0 Å². The summed E-state index contributed by atoms with van der Waals surface area (Å²) in [7, 11) is 0. The third-order valence-electron chi connectivity index (χ3n) is 5.59. The highest BCUT2D eigenvalue weighted by Crippen LogP contribution is 2.49. The van der Waals surface area contributed by atoms with Gasteiger partial charge in [-0.3, -0.25) is 9.59 Å². The van der Waals surface area contributed by atoms with Gasteiger partial charge in [-0.15, -0.1) is 0 Å². The number of fused-ring (bicyclic) bond motifs is 1.